The summed E-state index contributed by atoms with van der Waals surface area (Å²) in [6.07, 6.45) is 2.52. The van der Waals surface area contributed by atoms with E-state index in [1.165, 1.54) is 18.4 Å². The summed E-state index contributed by atoms with van der Waals surface area (Å²) in [4.78, 5) is 34.8. The van der Waals surface area contributed by atoms with Gasteiger partial charge in [0, 0.05) is 12.6 Å². The van der Waals surface area contributed by atoms with E-state index in [9.17, 15) is 14.7 Å². The molecule has 1 aliphatic carbocycles. The van der Waals surface area contributed by atoms with E-state index in [0.717, 1.165) is 12.8 Å². The molecule has 1 aliphatic rings. The number of thiophene rings is 1. The van der Waals surface area contributed by atoms with Gasteiger partial charge in [-0.2, -0.15) is 0 Å². The summed E-state index contributed by atoms with van der Waals surface area (Å²) < 4.78 is 4.77. The highest BCUT2D eigenvalue weighted by molar-refractivity contribution is 7.20. The van der Waals surface area contributed by atoms with Crippen LogP contribution in [-0.4, -0.2) is 51.7 Å². The van der Waals surface area contributed by atoms with Crippen molar-refractivity contribution in [2.45, 2.75) is 51.8 Å². The Balaban J connectivity index is 1.92. The molecule has 2 aromatic heterocycles. The lowest BCUT2D eigenvalue weighted by Gasteiger charge is -2.23. The van der Waals surface area contributed by atoms with Crippen molar-refractivity contribution in [3.05, 3.63) is 26.6 Å². The second-order valence-electron chi connectivity index (χ2n) is 6.46. The van der Waals surface area contributed by atoms with Gasteiger partial charge < -0.3 is 14.8 Å². The quantitative estimate of drug-likeness (QED) is 0.727. The number of aromatic amines is 1. The first-order valence-corrected chi connectivity index (χ1v) is 9.29. The molecule has 8 heteroatoms. The van der Waals surface area contributed by atoms with Crippen LogP contribution in [0.5, 0.6) is 0 Å². The first kappa shape index (κ1) is 18.0. The van der Waals surface area contributed by atoms with Crippen molar-refractivity contribution < 1.29 is 14.6 Å². The Hall–Kier alpha value is -1.77. The highest BCUT2D eigenvalue weighted by Gasteiger charge is 2.30. The highest BCUT2D eigenvalue weighted by atomic mass is 32.1. The second kappa shape index (κ2) is 7.23. The van der Waals surface area contributed by atoms with Gasteiger partial charge >= 0.3 is 5.97 Å². The third-order valence-electron chi connectivity index (χ3n) is 4.55. The van der Waals surface area contributed by atoms with Crippen LogP contribution >= 0.6 is 11.3 Å². The normalized spacial score (nSPS) is 15.7. The lowest BCUT2D eigenvalue weighted by atomic mass is 10.2. The topological polar surface area (TPSA) is 95.5 Å². The number of esters is 1. The van der Waals surface area contributed by atoms with E-state index in [1.807, 2.05) is 6.92 Å². The predicted molar refractivity (Wildman–Crippen MR) is 96.0 cm³/mol. The van der Waals surface area contributed by atoms with Gasteiger partial charge in [0.15, 0.2) is 0 Å². The standard InChI is InChI=1S/C17H23N3O4S/c1-4-11(21)7-20(10-5-6-10)8-12-18-15(22)13-9(2)14(17(23)24-3)25-16(13)19-12/h10-11,21H,4-8H2,1-3H3,(H,18,19,22). The van der Waals surface area contributed by atoms with E-state index in [-0.39, 0.29) is 11.7 Å². The summed E-state index contributed by atoms with van der Waals surface area (Å²) in [5, 5.41) is 10.4. The smallest absolute Gasteiger partial charge is 0.348 e. The molecule has 1 unspecified atom stereocenters. The van der Waals surface area contributed by atoms with E-state index >= 15 is 0 Å². The number of hydrogen-bond donors (Lipinski definition) is 2. The Morgan fingerprint density at radius 3 is 2.84 bits per heavy atom. The second-order valence-corrected chi connectivity index (χ2v) is 7.46. The Morgan fingerprint density at radius 2 is 2.24 bits per heavy atom. The average molecular weight is 365 g/mol. The molecule has 0 spiro atoms. The molecular weight excluding hydrogens is 342 g/mol. The fourth-order valence-corrected chi connectivity index (χ4v) is 4.04. The van der Waals surface area contributed by atoms with Crippen LogP contribution in [0.1, 0.15) is 47.2 Å². The van der Waals surface area contributed by atoms with E-state index in [2.05, 4.69) is 14.9 Å². The van der Waals surface area contributed by atoms with Gasteiger partial charge in [-0.1, -0.05) is 6.92 Å². The summed E-state index contributed by atoms with van der Waals surface area (Å²) >= 11 is 1.18. The Morgan fingerprint density at radius 1 is 1.52 bits per heavy atom. The van der Waals surface area contributed by atoms with Gasteiger partial charge in [-0.25, -0.2) is 9.78 Å². The number of fused-ring (bicyclic) bond motifs is 1. The van der Waals surface area contributed by atoms with Crippen molar-refractivity contribution in [1.29, 1.82) is 0 Å². The molecule has 0 bridgehead atoms. The fraction of sp³-hybridized carbons (Fsp3) is 0.588. The molecule has 0 saturated heterocycles. The van der Waals surface area contributed by atoms with Crippen molar-refractivity contribution in [2.24, 2.45) is 0 Å². The van der Waals surface area contributed by atoms with E-state index < -0.39 is 5.97 Å². The van der Waals surface area contributed by atoms with Crippen LogP contribution in [0, 0.1) is 6.92 Å². The number of ether oxygens (including phenoxy) is 1. The van der Waals surface area contributed by atoms with Gasteiger partial charge in [0.05, 0.1) is 25.1 Å². The Bertz CT molecular complexity index is 840. The van der Waals surface area contributed by atoms with Crippen molar-refractivity contribution >= 4 is 27.5 Å². The molecule has 2 heterocycles. The van der Waals surface area contributed by atoms with Crippen molar-refractivity contribution in [3.63, 3.8) is 0 Å². The number of nitrogens with zero attached hydrogens (tertiary/aromatic N) is 2. The first-order chi connectivity index (χ1) is 11.9. The van der Waals surface area contributed by atoms with Crippen molar-refractivity contribution in [1.82, 2.24) is 14.9 Å². The van der Waals surface area contributed by atoms with Crippen molar-refractivity contribution in [2.75, 3.05) is 13.7 Å². The number of H-pyrrole nitrogens is 1. The summed E-state index contributed by atoms with van der Waals surface area (Å²) in [7, 11) is 1.32. The van der Waals surface area contributed by atoms with Gasteiger partial charge in [0.1, 0.15) is 15.5 Å². The molecule has 1 saturated carbocycles. The van der Waals surface area contributed by atoms with Crippen LogP contribution in [0.2, 0.25) is 0 Å². The van der Waals surface area contributed by atoms with Crippen LogP contribution in [0.3, 0.4) is 0 Å². The zero-order valence-corrected chi connectivity index (χ0v) is 15.5. The lowest BCUT2D eigenvalue weighted by molar-refractivity contribution is 0.0605. The molecule has 2 aromatic rings. The van der Waals surface area contributed by atoms with Gasteiger partial charge in [-0.05, 0) is 31.7 Å². The number of carbonyl (C=O) groups excluding carboxylic acids is 1. The number of aliphatic hydroxyl groups excluding tert-OH is 1. The molecule has 136 valence electrons. The third kappa shape index (κ3) is 3.75. The maximum absolute atomic E-state index is 12.5. The minimum Gasteiger partial charge on any atom is -0.465 e. The largest absolute Gasteiger partial charge is 0.465 e. The molecule has 0 aliphatic heterocycles. The third-order valence-corrected chi connectivity index (χ3v) is 5.72. The van der Waals surface area contributed by atoms with Gasteiger partial charge in [0.2, 0.25) is 0 Å². The molecule has 1 atom stereocenters. The number of aliphatic hydroxyl groups is 1. The number of aryl methyl sites for hydroxylation is 1. The van der Waals surface area contributed by atoms with Gasteiger partial charge in [-0.3, -0.25) is 9.69 Å². The molecular formula is C17H23N3O4S. The van der Waals surface area contributed by atoms with Crippen LogP contribution in [0.4, 0.5) is 0 Å². The van der Waals surface area contributed by atoms with Crippen LogP contribution in [0.25, 0.3) is 10.2 Å². The molecule has 1 fully saturated rings. The number of nitrogens with one attached hydrogen (secondary N) is 1. The number of carbonyl (C=O) groups is 1. The summed E-state index contributed by atoms with van der Waals surface area (Å²) in [5.74, 6) is 0.109. The highest BCUT2D eigenvalue weighted by Crippen LogP contribution is 2.30. The SMILES string of the molecule is CCC(O)CN(Cc1nc2sc(C(=O)OC)c(C)c2c(=O)[nH]1)C1CC1. The number of rotatable bonds is 7. The minimum atomic E-state index is -0.452. The predicted octanol–water partition coefficient (Wildman–Crippen LogP) is 1.81. The zero-order chi connectivity index (χ0) is 18.1. The number of aromatic nitrogens is 2. The summed E-state index contributed by atoms with van der Waals surface area (Å²) in [5.41, 5.74) is 0.364. The van der Waals surface area contributed by atoms with E-state index in [1.54, 1.807) is 6.92 Å². The summed E-state index contributed by atoms with van der Waals surface area (Å²) in [6.45, 7) is 4.73. The molecule has 0 radical (unpaired) electrons. The minimum absolute atomic E-state index is 0.240. The maximum atomic E-state index is 12.5. The summed E-state index contributed by atoms with van der Waals surface area (Å²) in [6, 6.07) is 0.443. The molecule has 0 amide bonds. The van der Waals surface area contributed by atoms with Gasteiger partial charge in [0.25, 0.3) is 5.56 Å². The number of methoxy groups -OCH3 is 1. The Labute approximate surface area is 149 Å². The van der Waals surface area contributed by atoms with E-state index in [0.29, 0.717) is 52.0 Å². The van der Waals surface area contributed by atoms with Crippen LogP contribution in [-0.2, 0) is 11.3 Å². The average Bonchev–Trinajstić information content (AvgIpc) is 3.37. The maximum Gasteiger partial charge on any atom is 0.348 e. The van der Waals surface area contributed by atoms with Crippen LogP contribution in [0.15, 0.2) is 4.79 Å². The molecule has 7 nitrogen and oxygen atoms in total. The molecule has 25 heavy (non-hydrogen) atoms. The monoisotopic (exact) mass is 365 g/mol. The molecule has 3 rings (SSSR count). The number of hydrogen-bond acceptors (Lipinski definition) is 7. The Kier molecular flexibility index (Phi) is 5.21. The molecule has 2 N–H and O–H groups in total. The van der Waals surface area contributed by atoms with Crippen LogP contribution < -0.4 is 5.56 Å². The fourth-order valence-electron chi connectivity index (χ4n) is 2.93. The van der Waals surface area contributed by atoms with E-state index in [4.69, 9.17) is 4.74 Å². The zero-order valence-electron chi connectivity index (χ0n) is 14.7. The van der Waals surface area contributed by atoms with Gasteiger partial charge in [-0.15, -0.1) is 11.3 Å². The first-order valence-electron chi connectivity index (χ1n) is 8.47. The lowest BCUT2D eigenvalue weighted by Crippen LogP contribution is -2.34. The van der Waals surface area contributed by atoms with Crippen molar-refractivity contribution in [3.8, 4) is 0 Å². The molecule has 0 aromatic carbocycles.